The van der Waals surface area contributed by atoms with E-state index < -0.39 is 0 Å². The van der Waals surface area contributed by atoms with Crippen LogP contribution in [0.1, 0.15) is 24.0 Å². The molecule has 1 fully saturated rings. The van der Waals surface area contributed by atoms with E-state index in [0.717, 1.165) is 26.2 Å². The van der Waals surface area contributed by atoms with Crippen molar-refractivity contribution in [2.24, 2.45) is 0 Å². The van der Waals surface area contributed by atoms with Gasteiger partial charge in [-0.1, -0.05) is 6.07 Å². The van der Waals surface area contributed by atoms with Crippen LogP contribution in [0.4, 0.5) is 5.69 Å². The predicted octanol–water partition coefficient (Wildman–Crippen LogP) is 1.98. The Morgan fingerprint density at radius 3 is 2.50 bits per heavy atom. The SMILES string of the molecule is c1cc2c(cc1N1CCNCC1)CCCC2. The zero-order valence-corrected chi connectivity index (χ0v) is 9.84. The van der Waals surface area contributed by atoms with E-state index in [1.807, 2.05) is 0 Å². The minimum absolute atomic E-state index is 1.12. The van der Waals surface area contributed by atoms with E-state index in [-0.39, 0.29) is 0 Å². The quantitative estimate of drug-likeness (QED) is 0.772. The monoisotopic (exact) mass is 216 g/mol. The molecular formula is C14H20N2. The first-order valence-corrected chi connectivity index (χ1v) is 6.51. The Labute approximate surface area is 97.6 Å². The lowest BCUT2D eigenvalue weighted by Crippen LogP contribution is -2.43. The Bertz CT molecular complexity index is 367. The number of hydrogen-bond donors (Lipinski definition) is 1. The van der Waals surface area contributed by atoms with Crippen LogP contribution >= 0.6 is 0 Å². The van der Waals surface area contributed by atoms with Gasteiger partial charge < -0.3 is 10.2 Å². The van der Waals surface area contributed by atoms with Gasteiger partial charge in [-0.25, -0.2) is 0 Å². The summed E-state index contributed by atoms with van der Waals surface area (Å²) in [6.45, 7) is 4.55. The molecule has 0 aromatic heterocycles. The van der Waals surface area contributed by atoms with Crippen molar-refractivity contribution in [3.63, 3.8) is 0 Å². The number of rotatable bonds is 1. The van der Waals surface area contributed by atoms with Gasteiger partial charge in [0.15, 0.2) is 0 Å². The van der Waals surface area contributed by atoms with Crippen molar-refractivity contribution in [3.05, 3.63) is 29.3 Å². The largest absolute Gasteiger partial charge is 0.369 e. The van der Waals surface area contributed by atoms with Gasteiger partial charge in [-0.3, -0.25) is 0 Å². The molecule has 0 atom stereocenters. The summed E-state index contributed by atoms with van der Waals surface area (Å²) in [5.74, 6) is 0. The summed E-state index contributed by atoms with van der Waals surface area (Å²) in [6, 6.07) is 7.10. The highest BCUT2D eigenvalue weighted by Crippen LogP contribution is 2.26. The molecule has 0 unspecified atom stereocenters. The van der Waals surface area contributed by atoms with E-state index in [0.29, 0.717) is 0 Å². The molecule has 2 heteroatoms. The first-order valence-electron chi connectivity index (χ1n) is 6.51. The number of hydrogen-bond acceptors (Lipinski definition) is 2. The predicted molar refractivity (Wildman–Crippen MR) is 68.2 cm³/mol. The van der Waals surface area contributed by atoms with Crippen molar-refractivity contribution in [2.75, 3.05) is 31.1 Å². The smallest absolute Gasteiger partial charge is 0.0370 e. The summed E-state index contributed by atoms with van der Waals surface area (Å²) < 4.78 is 0. The molecule has 2 aliphatic rings. The average molecular weight is 216 g/mol. The zero-order valence-electron chi connectivity index (χ0n) is 9.84. The Hall–Kier alpha value is -1.02. The molecular weight excluding hydrogens is 196 g/mol. The third-order valence-corrected chi connectivity index (χ3v) is 3.81. The number of anilines is 1. The third-order valence-electron chi connectivity index (χ3n) is 3.81. The lowest BCUT2D eigenvalue weighted by molar-refractivity contribution is 0.588. The second-order valence-electron chi connectivity index (χ2n) is 4.90. The van der Waals surface area contributed by atoms with Crippen LogP contribution in [0.3, 0.4) is 0 Å². The molecule has 3 rings (SSSR count). The molecule has 2 nitrogen and oxygen atoms in total. The lowest BCUT2D eigenvalue weighted by atomic mass is 9.91. The zero-order chi connectivity index (χ0) is 10.8. The van der Waals surface area contributed by atoms with Crippen LogP contribution < -0.4 is 10.2 Å². The molecule has 1 saturated heterocycles. The van der Waals surface area contributed by atoms with E-state index in [1.54, 1.807) is 11.1 Å². The van der Waals surface area contributed by atoms with Crippen molar-refractivity contribution in [3.8, 4) is 0 Å². The number of nitrogens with one attached hydrogen (secondary N) is 1. The lowest BCUT2D eigenvalue weighted by Gasteiger charge is -2.30. The first kappa shape index (κ1) is 10.2. The molecule has 0 spiro atoms. The molecule has 0 radical (unpaired) electrons. The number of aryl methyl sites for hydroxylation is 2. The van der Waals surface area contributed by atoms with E-state index in [4.69, 9.17) is 0 Å². The highest BCUT2D eigenvalue weighted by Gasteiger charge is 2.14. The Kier molecular flexibility index (Phi) is 2.83. The summed E-state index contributed by atoms with van der Waals surface area (Å²) in [5.41, 5.74) is 4.62. The minimum atomic E-state index is 1.12. The van der Waals surface area contributed by atoms with Gasteiger partial charge in [0.1, 0.15) is 0 Å². The van der Waals surface area contributed by atoms with Crippen LogP contribution in [-0.2, 0) is 12.8 Å². The van der Waals surface area contributed by atoms with Gasteiger partial charge in [0, 0.05) is 31.9 Å². The maximum Gasteiger partial charge on any atom is 0.0370 e. The van der Waals surface area contributed by atoms with Crippen molar-refractivity contribution in [2.45, 2.75) is 25.7 Å². The summed E-state index contributed by atoms with van der Waals surface area (Å²) in [5, 5.41) is 3.41. The standard InChI is InChI=1S/C14H20N2/c1-2-4-13-11-14(6-5-12(13)3-1)16-9-7-15-8-10-16/h5-6,11,15H,1-4,7-10H2. The molecule has 16 heavy (non-hydrogen) atoms. The van der Waals surface area contributed by atoms with Gasteiger partial charge in [0.25, 0.3) is 0 Å². The van der Waals surface area contributed by atoms with Crippen LogP contribution in [0.25, 0.3) is 0 Å². The number of fused-ring (bicyclic) bond motifs is 1. The highest BCUT2D eigenvalue weighted by molar-refractivity contribution is 5.52. The molecule has 1 aliphatic carbocycles. The van der Waals surface area contributed by atoms with E-state index >= 15 is 0 Å². The number of nitrogens with zero attached hydrogens (tertiary/aromatic N) is 1. The van der Waals surface area contributed by atoms with Crippen LogP contribution in [0.15, 0.2) is 18.2 Å². The fourth-order valence-corrected chi connectivity index (χ4v) is 2.84. The fourth-order valence-electron chi connectivity index (χ4n) is 2.84. The van der Waals surface area contributed by atoms with Gasteiger partial charge in [-0.15, -0.1) is 0 Å². The Morgan fingerprint density at radius 2 is 1.69 bits per heavy atom. The third kappa shape index (κ3) is 1.94. The second-order valence-corrected chi connectivity index (χ2v) is 4.90. The summed E-state index contributed by atoms with van der Waals surface area (Å²) >= 11 is 0. The van der Waals surface area contributed by atoms with Gasteiger partial charge >= 0.3 is 0 Å². The van der Waals surface area contributed by atoms with Crippen molar-refractivity contribution in [1.82, 2.24) is 5.32 Å². The summed E-state index contributed by atoms with van der Waals surface area (Å²) in [4.78, 5) is 2.51. The number of piperazine rings is 1. The highest BCUT2D eigenvalue weighted by atomic mass is 15.2. The van der Waals surface area contributed by atoms with Crippen molar-refractivity contribution < 1.29 is 0 Å². The molecule has 0 saturated carbocycles. The molecule has 1 aromatic rings. The van der Waals surface area contributed by atoms with Crippen LogP contribution in [-0.4, -0.2) is 26.2 Å². The van der Waals surface area contributed by atoms with Crippen molar-refractivity contribution >= 4 is 5.69 Å². The van der Waals surface area contributed by atoms with Gasteiger partial charge in [-0.2, -0.15) is 0 Å². The molecule has 0 amide bonds. The topological polar surface area (TPSA) is 15.3 Å². The van der Waals surface area contributed by atoms with Gasteiger partial charge in [0.2, 0.25) is 0 Å². The molecule has 1 aromatic carbocycles. The van der Waals surface area contributed by atoms with E-state index in [2.05, 4.69) is 28.4 Å². The number of benzene rings is 1. The average Bonchev–Trinajstić information content (AvgIpc) is 2.39. The van der Waals surface area contributed by atoms with Crippen LogP contribution in [0.5, 0.6) is 0 Å². The molecule has 1 N–H and O–H groups in total. The van der Waals surface area contributed by atoms with Crippen LogP contribution in [0.2, 0.25) is 0 Å². The fraction of sp³-hybridized carbons (Fsp3) is 0.571. The minimum Gasteiger partial charge on any atom is -0.369 e. The van der Waals surface area contributed by atoms with Gasteiger partial charge in [-0.05, 0) is 48.9 Å². The normalized spacial score (nSPS) is 20.6. The molecule has 86 valence electrons. The van der Waals surface area contributed by atoms with Crippen molar-refractivity contribution in [1.29, 1.82) is 0 Å². The maximum atomic E-state index is 3.41. The molecule has 1 heterocycles. The van der Waals surface area contributed by atoms with Gasteiger partial charge in [0.05, 0.1) is 0 Å². The summed E-state index contributed by atoms with van der Waals surface area (Å²) in [7, 11) is 0. The first-order chi connectivity index (χ1) is 7.93. The molecule has 1 aliphatic heterocycles. The Morgan fingerprint density at radius 1 is 0.938 bits per heavy atom. The maximum absolute atomic E-state index is 3.41. The van der Waals surface area contributed by atoms with E-state index in [1.165, 1.54) is 31.4 Å². The molecule has 0 bridgehead atoms. The second kappa shape index (κ2) is 4.46. The Balaban J connectivity index is 1.84. The summed E-state index contributed by atoms with van der Waals surface area (Å²) in [6.07, 6.45) is 5.32. The van der Waals surface area contributed by atoms with Crippen LogP contribution in [0, 0.1) is 0 Å². The van der Waals surface area contributed by atoms with E-state index in [9.17, 15) is 0 Å².